The third-order valence-electron chi connectivity index (χ3n) is 7.85. The zero-order valence-corrected chi connectivity index (χ0v) is 25.3. The first-order chi connectivity index (χ1) is 18.9. The first-order valence-corrected chi connectivity index (χ1v) is 16.2. The molecule has 0 spiro atoms. The Morgan fingerprint density at radius 3 is 1.54 bits per heavy atom. The number of carbonyl (C=O) groups excluding carboxylic acids is 2. The van der Waals surface area contributed by atoms with Crippen LogP contribution in [0.4, 0.5) is 0 Å². The highest BCUT2D eigenvalue weighted by Gasteiger charge is 2.42. The molecule has 0 saturated heterocycles. The molecule has 1 unspecified atom stereocenters. The Balaban J connectivity index is 1.38. The normalized spacial score (nSPS) is 16.7. The van der Waals surface area contributed by atoms with Crippen molar-refractivity contribution in [3.63, 3.8) is 0 Å². The first-order valence-electron chi connectivity index (χ1n) is 16.2. The maximum absolute atomic E-state index is 12.2. The molecule has 2 aliphatic rings. The monoisotopic (exact) mass is 548 g/mol. The van der Waals surface area contributed by atoms with Gasteiger partial charge in [-0.1, -0.05) is 84.5 Å². The van der Waals surface area contributed by atoms with Crippen LogP contribution in [0.15, 0.2) is 20.5 Å². The van der Waals surface area contributed by atoms with Gasteiger partial charge in [-0.2, -0.15) is 20.5 Å². The topological polar surface area (TPSA) is 102 Å². The van der Waals surface area contributed by atoms with Crippen LogP contribution >= 0.6 is 0 Å². The Bertz CT molecular complexity index is 743. The van der Waals surface area contributed by atoms with Crippen molar-refractivity contribution < 1.29 is 19.1 Å². The molecule has 0 amide bonds. The molecule has 0 aromatic carbocycles. The highest BCUT2D eigenvalue weighted by molar-refractivity contribution is 5.70. The lowest BCUT2D eigenvalue weighted by Crippen LogP contribution is -2.22. The van der Waals surface area contributed by atoms with E-state index in [2.05, 4.69) is 34.3 Å². The average Bonchev–Trinajstić information content (AvgIpc) is 3.85. The largest absolute Gasteiger partial charge is 0.462 e. The lowest BCUT2D eigenvalue weighted by molar-refractivity contribution is -0.158. The molecular formula is C31H56N4O4. The predicted octanol–water partition coefficient (Wildman–Crippen LogP) is 9.41. The van der Waals surface area contributed by atoms with Crippen molar-refractivity contribution >= 4 is 11.9 Å². The molecule has 0 aliphatic carbocycles. The molecule has 8 nitrogen and oxygen atoms in total. The number of esters is 2. The molecule has 8 heteroatoms. The van der Waals surface area contributed by atoms with Gasteiger partial charge in [0.05, 0.1) is 0 Å². The smallest absolute Gasteiger partial charge is 0.306 e. The van der Waals surface area contributed by atoms with Crippen LogP contribution in [0.5, 0.6) is 0 Å². The number of unbranched alkanes of at least 4 members (excludes halogenated alkanes) is 12. The zero-order valence-electron chi connectivity index (χ0n) is 25.3. The van der Waals surface area contributed by atoms with Gasteiger partial charge in [0.2, 0.25) is 0 Å². The van der Waals surface area contributed by atoms with Crippen LogP contribution in [0.25, 0.3) is 0 Å². The van der Waals surface area contributed by atoms with E-state index in [1.54, 1.807) is 6.92 Å². The Kier molecular flexibility index (Phi) is 16.5. The van der Waals surface area contributed by atoms with Crippen LogP contribution < -0.4 is 0 Å². The van der Waals surface area contributed by atoms with Gasteiger partial charge in [0.1, 0.15) is 12.7 Å². The van der Waals surface area contributed by atoms with Crippen molar-refractivity contribution in [2.75, 3.05) is 6.61 Å². The fourth-order valence-electron chi connectivity index (χ4n) is 5.12. The van der Waals surface area contributed by atoms with Gasteiger partial charge in [0.15, 0.2) is 11.3 Å². The van der Waals surface area contributed by atoms with Crippen molar-refractivity contribution in [2.45, 2.75) is 179 Å². The Hall–Kier alpha value is -1.86. The van der Waals surface area contributed by atoms with Crippen molar-refractivity contribution in [1.82, 2.24) is 0 Å². The van der Waals surface area contributed by atoms with Crippen molar-refractivity contribution in [3.8, 4) is 0 Å². The fraction of sp³-hybridized carbons (Fsp3) is 0.935. The number of hydrogen-bond donors (Lipinski definition) is 0. The van der Waals surface area contributed by atoms with Gasteiger partial charge < -0.3 is 9.47 Å². The van der Waals surface area contributed by atoms with Gasteiger partial charge in [0, 0.05) is 12.8 Å². The molecular weight excluding hydrogens is 492 g/mol. The molecule has 0 aromatic rings. The molecule has 224 valence electrons. The van der Waals surface area contributed by atoms with Crippen molar-refractivity contribution in [1.29, 1.82) is 0 Å². The fourth-order valence-corrected chi connectivity index (χ4v) is 5.12. The minimum Gasteiger partial charge on any atom is -0.462 e. The summed E-state index contributed by atoms with van der Waals surface area (Å²) in [6.45, 7) is 6.35. The summed E-state index contributed by atoms with van der Waals surface area (Å²) in [6, 6.07) is 0. The second kappa shape index (κ2) is 19.3. The summed E-state index contributed by atoms with van der Waals surface area (Å²) in [6.07, 6.45) is 23.1. The third kappa shape index (κ3) is 16.1. The molecule has 0 bridgehead atoms. The summed E-state index contributed by atoms with van der Waals surface area (Å²) in [7, 11) is 0. The van der Waals surface area contributed by atoms with Crippen LogP contribution in [-0.4, -0.2) is 36.0 Å². The number of hydrogen-bond acceptors (Lipinski definition) is 8. The molecule has 0 radical (unpaired) electrons. The van der Waals surface area contributed by atoms with Crippen LogP contribution in [0, 0.1) is 0 Å². The van der Waals surface area contributed by atoms with Crippen LogP contribution in [-0.2, 0) is 19.1 Å². The van der Waals surface area contributed by atoms with E-state index in [1.165, 1.54) is 70.6 Å². The lowest BCUT2D eigenvalue weighted by Gasteiger charge is -2.14. The van der Waals surface area contributed by atoms with E-state index in [1.807, 2.05) is 0 Å². The second-order valence-corrected chi connectivity index (χ2v) is 11.8. The molecule has 0 saturated carbocycles. The van der Waals surface area contributed by atoms with Gasteiger partial charge in [-0.15, -0.1) is 0 Å². The van der Waals surface area contributed by atoms with Gasteiger partial charge in [-0.3, -0.25) is 9.59 Å². The quantitative estimate of drug-likeness (QED) is 0.0753. The van der Waals surface area contributed by atoms with Crippen LogP contribution in [0.1, 0.15) is 162 Å². The molecule has 0 aromatic heterocycles. The summed E-state index contributed by atoms with van der Waals surface area (Å²) in [5, 5.41) is 17.1. The van der Waals surface area contributed by atoms with E-state index in [0.717, 1.165) is 57.8 Å². The Morgan fingerprint density at radius 2 is 1.00 bits per heavy atom. The zero-order chi connectivity index (χ0) is 28.2. The highest BCUT2D eigenvalue weighted by Crippen LogP contribution is 2.43. The van der Waals surface area contributed by atoms with Gasteiger partial charge >= 0.3 is 11.9 Å². The first kappa shape index (κ1) is 33.3. The SMILES string of the molecule is CCCCCCCCCCCCCC(=O)OCC(C)OC(=O)CCCCC1(CCCC2(CCCC)N=N2)N=N1. The summed E-state index contributed by atoms with van der Waals surface area (Å²) in [5.41, 5.74) is -0.340. The van der Waals surface area contributed by atoms with E-state index in [9.17, 15) is 9.59 Å². The number of carbonyl (C=O) groups is 2. The lowest BCUT2D eigenvalue weighted by atomic mass is 9.94. The van der Waals surface area contributed by atoms with E-state index in [4.69, 9.17) is 9.47 Å². The summed E-state index contributed by atoms with van der Waals surface area (Å²) in [4.78, 5) is 24.2. The van der Waals surface area contributed by atoms with E-state index in [0.29, 0.717) is 12.8 Å². The van der Waals surface area contributed by atoms with Crippen LogP contribution in [0.2, 0.25) is 0 Å². The maximum atomic E-state index is 12.2. The number of nitrogens with zero attached hydrogens (tertiary/aromatic N) is 4. The highest BCUT2D eigenvalue weighted by atomic mass is 16.6. The predicted molar refractivity (Wildman–Crippen MR) is 155 cm³/mol. The summed E-state index contributed by atoms with van der Waals surface area (Å²) in [5.74, 6) is -0.436. The van der Waals surface area contributed by atoms with Gasteiger partial charge in [0.25, 0.3) is 0 Å². The molecule has 2 rings (SSSR count). The summed E-state index contributed by atoms with van der Waals surface area (Å²) < 4.78 is 10.7. The minimum atomic E-state index is -0.420. The van der Waals surface area contributed by atoms with E-state index in [-0.39, 0.29) is 29.9 Å². The van der Waals surface area contributed by atoms with Crippen molar-refractivity contribution in [3.05, 3.63) is 0 Å². The van der Waals surface area contributed by atoms with Gasteiger partial charge in [-0.25, -0.2) is 0 Å². The molecule has 2 aliphatic heterocycles. The average molecular weight is 549 g/mol. The molecule has 2 heterocycles. The molecule has 0 fully saturated rings. The second-order valence-electron chi connectivity index (χ2n) is 11.8. The van der Waals surface area contributed by atoms with E-state index >= 15 is 0 Å². The van der Waals surface area contributed by atoms with E-state index < -0.39 is 6.10 Å². The van der Waals surface area contributed by atoms with Crippen molar-refractivity contribution in [2.24, 2.45) is 20.5 Å². The summed E-state index contributed by atoms with van der Waals surface area (Å²) >= 11 is 0. The van der Waals surface area contributed by atoms with Gasteiger partial charge in [-0.05, 0) is 64.7 Å². The molecule has 39 heavy (non-hydrogen) atoms. The van der Waals surface area contributed by atoms with Crippen LogP contribution in [0.3, 0.4) is 0 Å². The number of ether oxygens (including phenoxy) is 2. The molecule has 1 atom stereocenters. The number of rotatable bonds is 27. The minimum absolute atomic E-state index is 0.104. The molecule has 0 N–H and O–H groups in total. The maximum Gasteiger partial charge on any atom is 0.306 e. The third-order valence-corrected chi connectivity index (χ3v) is 7.85. The standard InChI is InChI=1S/C31H56N4O4/c1-4-6-8-9-10-11-12-13-14-15-16-20-28(36)38-26-27(3)39-29(37)21-17-18-23-31(34-35-31)25-19-24-30(32-33-30)22-7-5-2/h27H,4-26H2,1-3H3. The Morgan fingerprint density at radius 1 is 0.564 bits per heavy atom. The Labute approximate surface area is 237 Å².